The summed E-state index contributed by atoms with van der Waals surface area (Å²) in [7, 11) is 1.52. The van der Waals surface area contributed by atoms with E-state index < -0.39 is 18.0 Å². The van der Waals surface area contributed by atoms with Gasteiger partial charge in [-0.25, -0.2) is 0 Å². The highest BCUT2D eigenvalue weighted by molar-refractivity contribution is 5.70. The Morgan fingerprint density at radius 1 is 1.29 bits per heavy atom. The van der Waals surface area contributed by atoms with Crippen molar-refractivity contribution in [2.75, 3.05) is 7.11 Å². The van der Waals surface area contributed by atoms with Gasteiger partial charge in [-0.3, -0.25) is 4.79 Å². The molecule has 0 aliphatic rings. The van der Waals surface area contributed by atoms with Crippen molar-refractivity contribution < 1.29 is 19.7 Å². The Kier molecular flexibility index (Phi) is 4.52. The zero-order valence-electron chi connectivity index (χ0n) is 10.3. The van der Waals surface area contributed by atoms with Crippen molar-refractivity contribution in [1.82, 2.24) is 0 Å². The lowest BCUT2D eigenvalue weighted by Gasteiger charge is -2.23. The van der Waals surface area contributed by atoms with Crippen molar-refractivity contribution in [2.45, 2.75) is 20.0 Å². The molecule has 17 heavy (non-hydrogen) atoms. The molecule has 94 valence electrons. The zero-order valence-corrected chi connectivity index (χ0v) is 10.3. The van der Waals surface area contributed by atoms with Crippen LogP contribution in [0.2, 0.25) is 0 Å². The van der Waals surface area contributed by atoms with E-state index in [2.05, 4.69) is 0 Å². The maximum Gasteiger partial charge on any atom is 0.306 e. The monoisotopic (exact) mass is 238 g/mol. The molecule has 0 heterocycles. The van der Waals surface area contributed by atoms with Crippen molar-refractivity contribution in [3.63, 3.8) is 0 Å². The van der Waals surface area contributed by atoms with Crippen molar-refractivity contribution in [1.29, 1.82) is 0 Å². The van der Waals surface area contributed by atoms with E-state index in [0.717, 1.165) is 0 Å². The van der Waals surface area contributed by atoms with E-state index in [1.807, 2.05) is 0 Å². The average Bonchev–Trinajstić information content (AvgIpc) is 2.35. The number of rotatable bonds is 5. The fraction of sp³-hybridized carbons (Fsp3) is 0.462. The van der Waals surface area contributed by atoms with Crippen LogP contribution in [0.25, 0.3) is 0 Å². The van der Waals surface area contributed by atoms with Crippen molar-refractivity contribution in [2.24, 2.45) is 11.8 Å². The third-order valence-corrected chi connectivity index (χ3v) is 3.13. The average molecular weight is 238 g/mol. The summed E-state index contributed by atoms with van der Waals surface area (Å²) in [6.07, 6.45) is -0.850. The number of aliphatic hydroxyl groups excluding tert-OH is 1. The molecule has 0 aromatic heterocycles. The van der Waals surface area contributed by atoms with E-state index in [-0.39, 0.29) is 5.92 Å². The quantitative estimate of drug-likeness (QED) is 0.824. The predicted molar refractivity (Wildman–Crippen MR) is 63.9 cm³/mol. The molecule has 4 nitrogen and oxygen atoms in total. The molecule has 4 heteroatoms. The number of carboxylic acids is 1. The number of para-hydroxylation sites is 1. The fourth-order valence-electron chi connectivity index (χ4n) is 1.69. The van der Waals surface area contributed by atoms with E-state index >= 15 is 0 Å². The Labute approximate surface area is 101 Å². The number of methoxy groups -OCH3 is 1. The first-order valence-electron chi connectivity index (χ1n) is 5.52. The minimum atomic E-state index is -0.911. The van der Waals surface area contributed by atoms with Crippen molar-refractivity contribution in [3.05, 3.63) is 29.8 Å². The van der Waals surface area contributed by atoms with E-state index in [9.17, 15) is 9.90 Å². The maximum atomic E-state index is 10.9. The highest BCUT2D eigenvalue weighted by Gasteiger charge is 2.28. The number of ether oxygens (including phenoxy) is 1. The second kappa shape index (κ2) is 5.68. The van der Waals surface area contributed by atoms with Crippen LogP contribution in [0, 0.1) is 11.8 Å². The molecule has 0 fully saturated rings. The lowest BCUT2D eigenvalue weighted by Crippen LogP contribution is -2.24. The summed E-state index contributed by atoms with van der Waals surface area (Å²) in [5.41, 5.74) is 0.621. The number of aliphatic carboxylic acids is 1. The van der Waals surface area contributed by atoms with Gasteiger partial charge in [-0.15, -0.1) is 0 Å². The highest BCUT2D eigenvalue weighted by Crippen LogP contribution is 2.33. The van der Waals surface area contributed by atoms with Crippen LogP contribution in [0.1, 0.15) is 25.5 Å². The summed E-state index contributed by atoms with van der Waals surface area (Å²) in [6.45, 7) is 3.31. The van der Waals surface area contributed by atoms with E-state index in [0.29, 0.717) is 11.3 Å². The van der Waals surface area contributed by atoms with Gasteiger partial charge in [0.05, 0.1) is 19.1 Å². The van der Waals surface area contributed by atoms with Crippen LogP contribution in [-0.4, -0.2) is 23.3 Å². The largest absolute Gasteiger partial charge is 0.496 e. The minimum Gasteiger partial charge on any atom is -0.496 e. The second-order valence-corrected chi connectivity index (χ2v) is 4.17. The summed E-state index contributed by atoms with van der Waals surface area (Å²) < 4.78 is 5.15. The molecule has 0 spiro atoms. The van der Waals surface area contributed by atoms with Gasteiger partial charge in [0.15, 0.2) is 0 Å². The number of hydrogen-bond acceptors (Lipinski definition) is 3. The number of hydrogen-bond donors (Lipinski definition) is 2. The lowest BCUT2D eigenvalue weighted by atomic mass is 9.87. The van der Waals surface area contributed by atoms with Gasteiger partial charge in [-0.1, -0.05) is 32.0 Å². The van der Waals surface area contributed by atoms with Crippen molar-refractivity contribution >= 4 is 5.97 Å². The third-order valence-electron chi connectivity index (χ3n) is 3.13. The van der Waals surface area contributed by atoms with Crippen LogP contribution < -0.4 is 4.74 Å². The van der Waals surface area contributed by atoms with Gasteiger partial charge >= 0.3 is 5.97 Å². The van der Waals surface area contributed by atoms with Crippen molar-refractivity contribution in [3.8, 4) is 5.75 Å². The Balaban J connectivity index is 2.95. The molecule has 0 amide bonds. The number of aliphatic hydroxyl groups is 1. The first kappa shape index (κ1) is 13.5. The Morgan fingerprint density at radius 2 is 1.88 bits per heavy atom. The van der Waals surface area contributed by atoms with Gasteiger partial charge < -0.3 is 14.9 Å². The predicted octanol–water partition coefficient (Wildman–Crippen LogP) is 2.09. The zero-order chi connectivity index (χ0) is 13.0. The van der Waals surface area contributed by atoms with Crippen LogP contribution >= 0.6 is 0 Å². The molecule has 0 radical (unpaired) electrons. The van der Waals surface area contributed by atoms with Gasteiger partial charge in [-0.2, -0.15) is 0 Å². The third kappa shape index (κ3) is 2.97. The van der Waals surface area contributed by atoms with Crippen LogP contribution in [0.5, 0.6) is 5.75 Å². The van der Waals surface area contributed by atoms with Gasteiger partial charge in [0.25, 0.3) is 0 Å². The first-order valence-corrected chi connectivity index (χ1v) is 5.52. The maximum absolute atomic E-state index is 10.9. The number of benzene rings is 1. The lowest BCUT2D eigenvalue weighted by molar-refractivity contribution is -0.144. The molecule has 1 aromatic carbocycles. The molecule has 3 atom stereocenters. The number of carboxylic acid groups (broad SMARTS) is 1. The summed E-state index contributed by atoms with van der Waals surface area (Å²) in [5.74, 6) is -1.34. The molecule has 0 aliphatic carbocycles. The highest BCUT2D eigenvalue weighted by atomic mass is 16.5. The molecular formula is C13H18O4. The summed E-state index contributed by atoms with van der Waals surface area (Å²) in [4.78, 5) is 10.9. The van der Waals surface area contributed by atoms with Gasteiger partial charge in [-0.05, 0) is 12.0 Å². The Bertz CT molecular complexity index is 389. The molecular weight excluding hydrogens is 220 g/mol. The fourth-order valence-corrected chi connectivity index (χ4v) is 1.69. The van der Waals surface area contributed by atoms with E-state index in [4.69, 9.17) is 9.84 Å². The Hall–Kier alpha value is -1.55. The molecule has 1 rings (SSSR count). The first-order chi connectivity index (χ1) is 7.99. The van der Waals surface area contributed by atoms with Crippen LogP contribution in [0.4, 0.5) is 0 Å². The van der Waals surface area contributed by atoms with Crippen LogP contribution in [0.15, 0.2) is 24.3 Å². The Morgan fingerprint density at radius 3 is 2.41 bits per heavy atom. The SMILES string of the molecule is COc1ccccc1C(O)C(C)C(C)C(=O)O. The summed E-state index contributed by atoms with van der Waals surface area (Å²) in [5, 5.41) is 19.1. The molecule has 3 unspecified atom stereocenters. The van der Waals surface area contributed by atoms with Crippen LogP contribution in [0.3, 0.4) is 0 Å². The van der Waals surface area contributed by atoms with Gasteiger partial charge in [0, 0.05) is 5.56 Å². The molecule has 0 saturated heterocycles. The summed E-state index contributed by atoms with van der Waals surface area (Å²) in [6, 6.07) is 7.09. The molecule has 0 saturated carbocycles. The van der Waals surface area contributed by atoms with Crippen LogP contribution in [-0.2, 0) is 4.79 Å². The topological polar surface area (TPSA) is 66.8 Å². The second-order valence-electron chi connectivity index (χ2n) is 4.17. The summed E-state index contributed by atoms with van der Waals surface area (Å²) >= 11 is 0. The normalized spacial score (nSPS) is 16.0. The molecule has 2 N–H and O–H groups in total. The number of carbonyl (C=O) groups is 1. The van der Waals surface area contributed by atoms with E-state index in [1.165, 1.54) is 7.11 Å². The minimum absolute atomic E-state index is 0.385. The van der Waals surface area contributed by atoms with Gasteiger partial charge in [0.2, 0.25) is 0 Å². The molecule has 0 aliphatic heterocycles. The van der Waals surface area contributed by atoms with E-state index in [1.54, 1.807) is 38.1 Å². The molecule has 1 aromatic rings. The van der Waals surface area contributed by atoms with Gasteiger partial charge in [0.1, 0.15) is 5.75 Å². The standard InChI is InChI=1S/C13H18O4/c1-8(9(2)13(15)16)12(14)10-6-4-5-7-11(10)17-3/h4-9,12,14H,1-3H3,(H,15,16). The molecule has 0 bridgehead atoms. The smallest absolute Gasteiger partial charge is 0.306 e.